The van der Waals surface area contributed by atoms with Crippen molar-refractivity contribution in [3.63, 3.8) is 0 Å². The molecule has 2 rings (SSSR count). The van der Waals surface area contributed by atoms with Crippen LogP contribution in [0.3, 0.4) is 0 Å². The topological polar surface area (TPSA) is 66.2 Å². The quantitative estimate of drug-likeness (QED) is 0.357. The first kappa shape index (κ1) is 19.8. The molecule has 5 heteroatoms. The lowest BCUT2D eigenvalue weighted by Crippen LogP contribution is -2.33. The fourth-order valence-electron chi connectivity index (χ4n) is 2.60. The van der Waals surface area contributed by atoms with Crippen LogP contribution >= 0.6 is 24.0 Å². The van der Waals surface area contributed by atoms with Gasteiger partial charge in [-0.3, -0.25) is 4.99 Å². The van der Waals surface area contributed by atoms with Crippen LogP contribution < -0.4 is 11.1 Å². The Morgan fingerprint density at radius 2 is 2.09 bits per heavy atom. The lowest BCUT2D eigenvalue weighted by atomic mass is 10.1. The van der Waals surface area contributed by atoms with Crippen LogP contribution in [0.15, 0.2) is 29.4 Å². The summed E-state index contributed by atoms with van der Waals surface area (Å²) < 4.78 is 0. The predicted molar refractivity (Wildman–Crippen MR) is 111 cm³/mol. The number of aromatic nitrogens is 1. The second kappa shape index (κ2) is 9.80. The monoisotopic (exact) mass is 428 g/mol. The third-order valence-corrected chi connectivity index (χ3v) is 3.96. The number of nitrogens with one attached hydrogen (secondary N) is 2. The minimum atomic E-state index is 0. The maximum Gasteiger partial charge on any atom is 0.188 e. The van der Waals surface area contributed by atoms with E-state index in [2.05, 4.69) is 60.5 Å². The molecule has 4 nitrogen and oxygen atoms in total. The number of para-hydroxylation sites is 1. The van der Waals surface area contributed by atoms with E-state index in [0.717, 1.165) is 32.4 Å². The summed E-state index contributed by atoms with van der Waals surface area (Å²) in [5.41, 5.74) is 9.85. The minimum Gasteiger partial charge on any atom is -0.370 e. The number of aliphatic imine (C=N–C) groups is 1. The smallest absolute Gasteiger partial charge is 0.188 e. The molecule has 0 unspecified atom stereocenters. The summed E-state index contributed by atoms with van der Waals surface area (Å²) in [6, 6.07) is 6.49. The lowest BCUT2D eigenvalue weighted by molar-refractivity contribution is 0.595. The first-order chi connectivity index (χ1) is 10.6. The van der Waals surface area contributed by atoms with Crippen LogP contribution in [0.2, 0.25) is 0 Å². The molecule has 0 atom stereocenters. The standard InChI is InChI=1S/C18H28N4.HI/c1-4-14-6-5-7-16-15(12-22-17(14)16)9-11-21-18(19)20-10-8-13(2)3;/h5-7,12-13,22H,4,8-11H2,1-3H3,(H3,19,20,21);1H. The summed E-state index contributed by atoms with van der Waals surface area (Å²) >= 11 is 0. The number of benzene rings is 1. The first-order valence-corrected chi connectivity index (χ1v) is 8.23. The average Bonchev–Trinajstić information content (AvgIpc) is 2.90. The molecule has 128 valence electrons. The Hall–Kier alpha value is -1.24. The molecular weight excluding hydrogens is 399 g/mol. The molecule has 0 fully saturated rings. The first-order valence-electron chi connectivity index (χ1n) is 8.23. The van der Waals surface area contributed by atoms with Gasteiger partial charge in [0.1, 0.15) is 0 Å². The largest absolute Gasteiger partial charge is 0.370 e. The summed E-state index contributed by atoms with van der Waals surface area (Å²) in [5.74, 6) is 1.21. The van der Waals surface area contributed by atoms with Crippen molar-refractivity contribution < 1.29 is 0 Å². The Balaban J connectivity index is 0.00000264. The highest BCUT2D eigenvalue weighted by molar-refractivity contribution is 14.0. The van der Waals surface area contributed by atoms with Crippen molar-refractivity contribution in [3.8, 4) is 0 Å². The number of rotatable bonds is 7. The normalized spacial score (nSPS) is 11.7. The van der Waals surface area contributed by atoms with Gasteiger partial charge in [0, 0.05) is 30.2 Å². The number of aryl methyl sites for hydroxylation is 1. The summed E-state index contributed by atoms with van der Waals surface area (Å²) in [7, 11) is 0. The zero-order chi connectivity index (χ0) is 15.9. The molecule has 0 aliphatic heterocycles. The Kier molecular flexibility index (Phi) is 8.44. The molecule has 23 heavy (non-hydrogen) atoms. The van der Waals surface area contributed by atoms with Crippen molar-refractivity contribution in [3.05, 3.63) is 35.5 Å². The number of H-pyrrole nitrogens is 1. The molecule has 0 spiro atoms. The van der Waals surface area contributed by atoms with Gasteiger partial charge < -0.3 is 16.0 Å². The van der Waals surface area contributed by atoms with Crippen LogP contribution in [0.25, 0.3) is 10.9 Å². The zero-order valence-electron chi connectivity index (χ0n) is 14.4. The van der Waals surface area contributed by atoms with Crippen molar-refractivity contribution in [2.75, 3.05) is 13.1 Å². The van der Waals surface area contributed by atoms with E-state index in [0.29, 0.717) is 11.9 Å². The lowest BCUT2D eigenvalue weighted by Gasteiger charge is -2.06. The molecule has 0 radical (unpaired) electrons. The third kappa shape index (κ3) is 5.71. The molecule has 0 saturated carbocycles. The Labute approximate surface area is 156 Å². The second-order valence-electron chi connectivity index (χ2n) is 6.13. The highest BCUT2D eigenvalue weighted by atomic mass is 127. The van der Waals surface area contributed by atoms with Gasteiger partial charge in [0.05, 0.1) is 0 Å². The van der Waals surface area contributed by atoms with Gasteiger partial charge in [-0.15, -0.1) is 24.0 Å². The molecule has 0 aliphatic rings. The van der Waals surface area contributed by atoms with Crippen molar-refractivity contribution in [2.24, 2.45) is 16.6 Å². The molecular formula is C18H29IN4. The summed E-state index contributed by atoms with van der Waals surface area (Å²) in [5, 5.41) is 4.52. The number of nitrogens with two attached hydrogens (primary N) is 1. The Bertz CT molecular complexity index is 631. The maximum absolute atomic E-state index is 5.89. The number of aromatic amines is 1. The van der Waals surface area contributed by atoms with Gasteiger partial charge in [0.25, 0.3) is 0 Å². The maximum atomic E-state index is 5.89. The Morgan fingerprint density at radius 3 is 2.78 bits per heavy atom. The van der Waals surface area contributed by atoms with Crippen LogP contribution in [-0.4, -0.2) is 24.0 Å². The van der Waals surface area contributed by atoms with E-state index in [9.17, 15) is 0 Å². The third-order valence-electron chi connectivity index (χ3n) is 3.96. The molecule has 1 aromatic heterocycles. The summed E-state index contributed by atoms with van der Waals surface area (Å²) in [4.78, 5) is 7.75. The summed E-state index contributed by atoms with van der Waals surface area (Å²) in [6.45, 7) is 8.18. The highest BCUT2D eigenvalue weighted by Crippen LogP contribution is 2.22. The average molecular weight is 428 g/mol. The molecule has 0 amide bonds. The van der Waals surface area contributed by atoms with Crippen LogP contribution in [0.4, 0.5) is 0 Å². The molecule has 4 N–H and O–H groups in total. The molecule has 0 bridgehead atoms. The van der Waals surface area contributed by atoms with Gasteiger partial charge in [-0.25, -0.2) is 0 Å². The predicted octanol–water partition coefficient (Wildman–Crippen LogP) is 3.84. The fraction of sp³-hybridized carbons (Fsp3) is 0.500. The minimum absolute atomic E-state index is 0. The van der Waals surface area contributed by atoms with Crippen LogP contribution in [-0.2, 0) is 12.8 Å². The van der Waals surface area contributed by atoms with E-state index < -0.39 is 0 Å². The molecule has 0 aliphatic carbocycles. The van der Waals surface area contributed by atoms with Crippen molar-refractivity contribution in [2.45, 2.75) is 40.0 Å². The molecule has 1 heterocycles. The second-order valence-corrected chi connectivity index (χ2v) is 6.13. The van der Waals surface area contributed by atoms with E-state index in [1.807, 2.05) is 0 Å². The fourth-order valence-corrected chi connectivity index (χ4v) is 2.60. The van der Waals surface area contributed by atoms with Crippen molar-refractivity contribution in [1.82, 2.24) is 10.3 Å². The van der Waals surface area contributed by atoms with E-state index in [1.165, 1.54) is 22.0 Å². The van der Waals surface area contributed by atoms with Crippen molar-refractivity contribution >= 4 is 40.8 Å². The number of fused-ring (bicyclic) bond motifs is 1. The number of nitrogens with zero attached hydrogens (tertiary/aromatic N) is 1. The van der Waals surface area contributed by atoms with Gasteiger partial charge in [-0.2, -0.15) is 0 Å². The van der Waals surface area contributed by atoms with E-state index in [4.69, 9.17) is 5.73 Å². The van der Waals surface area contributed by atoms with Gasteiger partial charge in [0.2, 0.25) is 0 Å². The van der Waals surface area contributed by atoms with E-state index in [-0.39, 0.29) is 24.0 Å². The number of hydrogen-bond acceptors (Lipinski definition) is 1. The van der Waals surface area contributed by atoms with E-state index in [1.54, 1.807) is 0 Å². The number of halogens is 1. The number of guanidine groups is 1. The number of hydrogen-bond donors (Lipinski definition) is 3. The van der Waals surface area contributed by atoms with Crippen LogP contribution in [0, 0.1) is 5.92 Å². The zero-order valence-corrected chi connectivity index (χ0v) is 16.7. The van der Waals surface area contributed by atoms with Crippen LogP contribution in [0.5, 0.6) is 0 Å². The highest BCUT2D eigenvalue weighted by Gasteiger charge is 2.06. The van der Waals surface area contributed by atoms with Gasteiger partial charge in [-0.1, -0.05) is 39.0 Å². The van der Waals surface area contributed by atoms with Gasteiger partial charge in [-0.05, 0) is 36.3 Å². The summed E-state index contributed by atoms with van der Waals surface area (Å²) in [6.07, 6.45) is 5.17. The van der Waals surface area contributed by atoms with Gasteiger partial charge in [0.15, 0.2) is 5.96 Å². The van der Waals surface area contributed by atoms with Gasteiger partial charge >= 0.3 is 0 Å². The molecule has 0 saturated heterocycles. The van der Waals surface area contributed by atoms with Crippen LogP contribution in [0.1, 0.15) is 38.3 Å². The van der Waals surface area contributed by atoms with E-state index >= 15 is 0 Å². The SMILES string of the molecule is CCc1cccc2c(CCNC(N)=NCCC(C)C)c[nH]c12.I. The molecule has 1 aromatic carbocycles. The Morgan fingerprint density at radius 1 is 1.30 bits per heavy atom. The molecule has 2 aromatic rings. The van der Waals surface area contributed by atoms with Crippen molar-refractivity contribution in [1.29, 1.82) is 0 Å².